The van der Waals surface area contributed by atoms with Crippen LogP contribution in [-0.2, 0) is 0 Å². The highest BCUT2D eigenvalue weighted by Gasteiger charge is 2.25. The Balaban J connectivity index is 2.10. The van der Waals surface area contributed by atoms with E-state index in [0.29, 0.717) is 17.1 Å². The molecule has 18 heavy (non-hydrogen) atoms. The van der Waals surface area contributed by atoms with Gasteiger partial charge in [0.1, 0.15) is 0 Å². The Hall–Kier alpha value is -1.75. The molecule has 5 nitrogen and oxygen atoms in total. The van der Waals surface area contributed by atoms with E-state index in [-0.39, 0.29) is 25.2 Å². The van der Waals surface area contributed by atoms with E-state index in [1.165, 1.54) is 0 Å². The second-order valence-electron chi connectivity index (χ2n) is 4.16. The molecule has 0 aliphatic heterocycles. The number of aliphatic hydroxyl groups is 1. The summed E-state index contributed by atoms with van der Waals surface area (Å²) in [5.74, 6) is 0.984. The normalized spacial score (nSPS) is 14.1. The maximum atomic E-state index is 11.7. The zero-order chi connectivity index (χ0) is 13.0. The van der Waals surface area contributed by atoms with E-state index >= 15 is 0 Å². The van der Waals surface area contributed by atoms with Gasteiger partial charge in [-0.05, 0) is 31.0 Å². The van der Waals surface area contributed by atoms with Gasteiger partial charge in [0.2, 0.25) is 0 Å². The first-order valence-electron chi connectivity index (χ1n) is 5.98. The number of ether oxygens (including phenoxy) is 2. The third kappa shape index (κ3) is 3.13. The smallest absolute Gasteiger partial charge is 0.251 e. The van der Waals surface area contributed by atoms with Crippen LogP contribution in [0.4, 0.5) is 0 Å². The van der Waals surface area contributed by atoms with Gasteiger partial charge in [-0.2, -0.15) is 0 Å². The topological polar surface area (TPSA) is 67.8 Å². The molecule has 1 amide bonds. The van der Waals surface area contributed by atoms with E-state index in [1.807, 2.05) is 0 Å². The van der Waals surface area contributed by atoms with Gasteiger partial charge in [-0.1, -0.05) is 0 Å². The van der Waals surface area contributed by atoms with Crippen LogP contribution in [0, 0.1) is 0 Å². The summed E-state index contributed by atoms with van der Waals surface area (Å²) in [7, 11) is 1.55. The number of benzene rings is 1. The number of hydrogen-bond donors (Lipinski definition) is 2. The Morgan fingerprint density at radius 1 is 1.44 bits per heavy atom. The van der Waals surface area contributed by atoms with Gasteiger partial charge in [0.15, 0.2) is 11.5 Å². The van der Waals surface area contributed by atoms with Crippen molar-refractivity contribution in [3.8, 4) is 11.5 Å². The van der Waals surface area contributed by atoms with Crippen LogP contribution in [0.2, 0.25) is 0 Å². The second-order valence-corrected chi connectivity index (χ2v) is 4.16. The van der Waals surface area contributed by atoms with E-state index in [2.05, 4.69) is 5.32 Å². The Labute approximate surface area is 106 Å². The van der Waals surface area contributed by atoms with Gasteiger partial charge in [-0.25, -0.2) is 0 Å². The first-order valence-corrected chi connectivity index (χ1v) is 5.98. The molecule has 1 aliphatic rings. The lowest BCUT2D eigenvalue weighted by molar-refractivity contribution is 0.0944. The minimum absolute atomic E-state index is 0.0776. The molecule has 98 valence electrons. The minimum atomic E-state index is -0.236. The highest BCUT2D eigenvalue weighted by molar-refractivity contribution is 5.94. The molecule has 0 heterocycles. The van der Waals surface area contributed by atoms with Gasteiger partial charge < -0.3 is 19.9 Å². The molecule has 2 rings (SSSR count). The maximum absolute atomic E-state index is 11.7. The number of carbonyl (C=O) groups is 1. The third-order valence-electron chi connectivity index (χ3n) is 2.64. The van der Waals surface area contributed by atoms with Crippen LogP contribution < -0.4 is 14.8 Å². The van der Waals surface area contributed by atoms with Crippen LogP contribution in [0.25, 0.3) is 0 Å². The summed E-state index contributed by atoms with van der Waals surface area (Å²) in [6.07, 6.45) is 2.43. The molecule has 0 saturated heterocycles. The average molecular weight is 251 g/mol. The van der Waals surface area contributed by atoms with Gasteiger partial charge in [0.05, 0.1) is 19.8 Å². The average Bonchev–Trinajstić information content (AvgIpc) is 3.20. The van der Waals surface area contributed by atoms with Crippen molar-refractivity contribution in [2.45, 2.75) is 18.9 Å². The van der Waals surface area contributed by atoms with Crippen LogP contribution in [0.15, 0.2) is 18.2 Å². The molecular weight excluding hydrogens is 234 g/mol. The monoisotopic (exact) mass is 251 g/mol. The maximum Gasteiger partial charge on any atom is 0.251 e. The molecule has 0 spiro atoms. The molecular formula is C13H17NO4. The zero-order valence-electron chi connectivity index (χ0n) is 10.3. The lowest BCUT2D eigenvalue weighted by atomic mass is 10.2. The number of carbonyl (C=O) groups excluding carboxylic acids is 1. The van der Waals surface area contributed by atoms with Crippen molar-refractivity contribution in [3.05, 3.63) is 23.8 Å². The van der Waals surface area contributed by atoms with E-state index in [9.17, 15) is 4.79 Å². The molecule has 0 unspecified atom stereocenters. The van der Waals surface area contributed by atoms with Gasteiger partial charge in [0, 0.05) is 12.1 Å². The fraction of sp³-hybridized carbons (Fsp3) is 0.462. The summed E-state index contributed by atoms with van der Waals surface area (Å²) in [5, 5.41) is 11.2. The summed E-state index contributed by atoms with van der Waals surface area (Å²) < 4.78 is 10.9. The minimum Gasteiger partial charge on any atom is -0.493 e. The lowest BCUT2D eigenvalue weighted by Crippen LogP contribution is -2.26. The van der Waals surface area contributed by atoms with Gasteiger partial charge >= 0.3 is 0 Å². The van der Waals surface area contributed by atoms with Crippen molar-refractivity contribution >= 4 is 5.91 Å². The van der Waals surface area contributed by atoms with Crippen molar-refractivity contribution in [1.82, 2.24) is 5.32 Å². The largest absolute Gasteiger partial charge is 0.493 e. The Kier molecular flexibility index (Phi) is 4.04. The SMILES string of the molecule is COc1cc(C(=O)NCCO)ccc1OC1CC1. The van der Waals surface area contributed by atoms with Crippen LogP contribution in [-0.4, -0.2) is 37.4 Å². The van der Waals surface area contributed by atoms with E-state index in [4.69, 9.17) is 14.6 Å². The molecule has 0 radical (unpaired) electrons. The number of amides is 1. The first kappa shape index (κ1) is 12.7. The quantitative estimate of drug-likeness (QED) is 0.790. The molecule has 1 aromatic rings. The molecule has 0 bridgehead atoms. The van der Waals surface area contributed by atoms with Gasteiger partial charge in [-0.3, -0.25) is 4.79 Å². The predicted octanol–water partition coefficient (Wildman–Crippen LogP) is 0.958. The molecule has 1 fully saturated rings. The predicted molar refractivity (Wildman–Crippen MR) is 66.1 cm³/mol. The third-order valence-corrected chi connectivity index (χ3v) is 2.64. The standard InChI is InChI=1S/C13H17NO4/c1-17-12-8-9(13(16)14-6-7-15)2-5-11(12)18-10-3-4-10/h2,5,8,10,15H,3-4,6-7H2,1H3,(H,14,16). The molecule has 1 aliphatic carbocycles. The zero-order valence-corrected chi connectivity index (χ0v) is 10.3. The highest BCUT2D eigenvalue weighted by atomic mass is 16.5. The number of nitrogens with one attached hydrogen (secondary N) is 1. The summed E-state index contributed by atoms with van der Waals surface area (Å²) in [5.41, 5.74) is 0.489. The molecule has 1 aromatic carbocycles. The summed E-state index contributed by atoms with van der Waals surface area (Å²) in [6.45, 7) is 0.160. The Morgan fingerprint density at radius 2 is 2.22 bits per heavy atom. The summed E-state index contributed by atoms with van der Waals surface area (Å²) >= 11 is 0. The first-order chi connectivity index (χ1) is 8.74. The summed E-state index contributed by atoms with van der Waals surface area (Å²) in [6, 6.07) is 5.07. The summed E-state index contributed by atoms with van der Waals surface area (Å²) in [4.78, 5) is 11.7. The van der Waals surface area contributed by atoms with Crippen LogP contribution in [0.5, 0.6) is 11.5 Å². The lowest BCUT2D eigenvalue weighted by Gasteiger charge is -2.11. The number of rotatable bonds is 6. The number of hydrogen-bond acceptors (Lipinski definition) is 4. The van der Waals surface area contributed by atoms with Crippen LogP contribution >= 0.6 is 0 Å². The Bertz CT molecular complexity index is 429. The molecule has 5 heteroatoms. The van der Waals surface area contributed by atoms with Crippen molar-refractivity contribution in [2.75, 3.05) is 20.3 Å². The number of methoxy groups -OCH3 is 1. The molecule has 0 aromatic heterocycles. The molecule has 2 N–H and O–H groups in total. The van der Waals surface area contributed by atoms with E-state index < -0.39 is 0 Å². The van der Waals surface area contributed by atoms with Crippen molar-refractivity contribution in [2.24, 2.45) is 0 Å². The molecule has 0 atom stereocenters. The van der Waals surface area contributed by atoms with Gasteiger partial charge in [-0.15, -0.1) is 0 Å². The molecule has 1 saturated carbocycles. The van der Waals surface area contributed by atoms with Crippen molar-refractivity contribution in [3.63, 3.8) is 0 Å². The fourth-order valence-corrected chi connectivity index (χ4v) is 1.54. The van der Waals surface area contributed by atoms with E-state index in [0.717, 1.165) is 12.8 Å². The van der Waals surface area contributed by atoms with Crippen LogP contribution in [0.3, 0.4) is 0 Å². The van der Waals surface area contributed by atoms with Crippen LogP contribution in [0.1, 0.15) is 23.2 Å². The van der Waals surface area contributed by atoms with E-state index in [1.54, 1.807) is 25.3 Å². The van der Waals surface area contributed by atoms with Crippen molar-refractivity contribution < 1.29 is 19.4 Å². The second kappa shape index (κ2) is 5.73. The Morgan fingerprint density at radius 3 is 2.83 bits per heavy atom. The van der Waals surface area contributed by atoms with Crippen molar-refractivity contribution in [1.29, 1.82) is 0 Å². The highest BCUT2D eigenvalue weighted by Crippen LogP contribution is 2.34. The fourth-order valence-electron chi connectivity index (χ4n) is 1.54. The number of aliphatic hydroxyl groups excluding tert-OH is 1. The van der Waals surface area contributed by atoms with Gasteiger partial charge in [0.25, 0.3) is 5.91 Å².